The fourth-order valence-electron chi connectivity index (χ4n) is 0.778. The summed E-state index contributed by atoms with van der Waals surface area (Å²) >= 11 is 0. The van der Waals surface area contributed by atoms with Crippen molar-refractivity contribution in [1.29, 1.82) is 0 Å². The Labute approximate surface area is 74.0 Å². The van der Waals surface area contributed by atoms with E-state index in [0.717, 1.165) is 25.9 Å². The van der Waals surface area contributed by atoms with Crippen LogP contribution in [0, 0.1) is 0 Å². The molecule has 3 heteroatoms. The minimum Gasteiger partial charge on any atom is -0.370 e. The summed E-state index contributed by atoms with van der Waals surface area (Å²) in [5.41, 5.74) is 6.17. The maximum atomic E-state index is 10.3. The summed E-state index contributed by atoms with van der Waals surface area (Å²) in [5, 5.41) is 3.18. The van der Waals surface area contributed by atoms with Crippen molar-refractivity contribution < 1.29 is 4.79 Å². The first-order chi connectivity index (χ1) is 5.66. The molecule has 0 radical (unpaired) electrons. The van der Waals surface area contributed by atoms with Crippen molar-refractivity contribution >= 4 is 5.91 Å². The third-order valence-corrected chi connectivity index (χ3v) is 1.65. The Bertz CT molecular complexity index is 155. The smallest absolute Gasteiger partial charge is 0.217 e. The van der Waals surface area contributed by atoms with E-state index in [1.807, 2.05) is 0 Å². The van der Waals surface area contributed by atoms with Gasteiger partial charge in [-0.05, 0) is 19.4 Å². The summed E-state index contributed by atoms with van der Waals surface area (Å²) in [6.45, 7) is 7.61. The van der Waals surface area contributed by atoms with Gasteiger partial charge in [0.05, 0.1) is 0 Å². The van der Waals surface area contributed by atoms with Gasteiger partial charge in [-0.15, -0.1) is 0 Å². The molecule has 0 aliphatic carbocycles. The fourth-order valence-corrected chi connectivity index (χ4v) is 0.778. The van der Waals surface area contributed by atoms with Crippen molar-refractivity contribution in [2.45, 2.75) is 26.2 Å². The van der Waals surface area contributed by atoms with Gasteiger partial charge in [0.25, 0.3) is 0 Å². The first kappa shape index (κ1) is 11.2. The number of primary amides is 1. The molecule has 0 rings (SSSR count). The molecule has 0 fully saturated rings. The van der Waals surface area contributed by atoms with Crippen LogP contribution >= 0.6 is 0 Å². The molecule has 70 valence electrons. The molecule has 12 heavy (non-hydrogen) atoms. The molecule has 0 aliphatic rings. The lowest BCUT2D eigenvalue weighted by atomic mass is 10.2. The van der Waals surface area contributed by atoms with Gasteiger partial charge in [0, 0.05) is 13.0 Å². The molecule has 0 atom stereocenters. The third kappa shape index (κ3) is 7.28. The second-order valence-electron chi connectivity index (χ2n) is 2.85. The van der Waals surface area contributed by atoms with Gasteiger partial charge >= 0.3 is 0 Å². The number of nitrogens with one attached hydrogen (secondary N) is 1. The Kier molecular flexibility index (Phi) is 6.38. The van der Waals surface area contributed by atoms with Crippen LogP contribution in [0.25, 0.3) is 0 Å². The summed E-state index contributed by atoms with van der Waals surface area (Å²) in [6, 6.07) is 0. The maximum absolute atomic E-state index is 10.3. The third-order valence-electron chi connectivity index (χ3n) is 1.65. The molecule has 0 aliphatic heterocycles. The van der Waals surface area contributed by atoms with Gasteiger partial charge in [0.15, 0.2) is 0 Å². The van der Waals surface area contributed by atoms with Gasteiger partial charge in [-0.3, -0.25) is 4.79 Å². The van der Waals surface area contributed by atoms with Crippen molar-refractivity contribution in [2.24, 2.45) is 5.73 Å². The molecule has 0 saturated heterocycles. The Balaban J connectivity index is 3.11. The molecule has 0 spiro atoms. The number of carbonyl (C=O) groups is 1. The number of rotatable bonds is 7. The average Bonchev–Trinajstić information content (AvgIpc) is 2.03. The second-order valence-corrected chi connectivity index (χ2v) is 2.85. The van der Waals surface area contributed by atoms with Crippen LogP contribution in [-0.4, -0.2) is 19.0 Å². The van der Waals surface area contributed by atoms with E-state index in [1.165, 1.54) is 5.57 Å². The Hall–Kier alpha value is -0.830. The zero-order valence-corrected chi connectivity index (χ0v) is 7.73. The van der Waals surface area contributed by atoms with Crippen molar-refractivity contribution in [3.05, 3.63) is 12.2 Å². The molecule has 0 heterocycles. The lowest BCUT2D eigenvalue weighted by molar-refractivity contribution is -0.118. The molecule has 0 aromatic heterocycles. The Morgan fingerprint density at radius 2 is 2.25 bits per heavy atom. The summed E-state index contributed by atoms with van der Waals surface area (Å²) in [4.78, 5) is 10.3. The maximum Gasteiger partial charge on any atom is 0.217 e. The molecule has 0 saturated carbocycles. The molecule has 3 nitrogen and oxygen atoms in total. The minimum atomic E-state index is -0.230. The standard InChI is InChI=1S/C9H18N2O/c1-3-8(2)7-11-6-4-5-9(10)12/h11H,2-7H2,1H3,(H2,10,12). The van der Waals surface area contributed by atoms with Gasteiger partial charge in [-0.2, -0.15) is 0 Å². The normalized spacial score (nSPS) is 9.75. The molecular weight excluding hydrogens is 152 g/mol. The summed E-state index contributed by atoms with van der Waals surface area (Å²) in [7, 11) is 0. The highest BCUT2D eigenvalue weighted by molar-refractivity contribution is 5.73. The van der Waals surface area contributed by atoms with Crippen LogP contribution in [0.15, 0.2) is 12.2 Å². The zero-order valence-electron chi connectivity index (χ0n) is 7.73. The van der Waals surface area contributed by atoms with Crippen molar-refractivity contribution in [1.82, 2.24) is 5.32 Å². The zero-order chi connectivity index (χ0) is 9.40. The highest BCUT2D eigenvalue weighted by Crippen LogP contribution is 1.93. The van der Waals surface area contributed by atoms with Gasteiger partial charge in [-0.25, -0.2) is 0 Å². The van der Waals surface area contributed by atoms with Crippen LogP contribution in [0.2, 0.25) is 0 Å². The topological polar surface area (TPSA) is 55.1 Å². The molecule has 0 aromatic rings. The summed E-state index contributed by atoms with van der Waals surface area (Å²) < 4.78 is 0. The second kappa shape index (κ2) is 6.85. The van der Waals surface area contributed by atoms with Crippen LogP contribution < -0.4 is 11.1 Å². The minimum absolute atomic E-state index is 0.230. The Morgan fingerprint density at radius 3 is 2.75 bits per heavy atom. The van der Waals surface area contributed by atoms with Gasteiger partial charge in [-0.1, -0.05) is 19.1 Å². The lowest BCUT2D eigenvalue weighted by Gasteiger charge is -2.03. The quantitative estimate of drug-likeness (QED) is 0.439. The molecule has 0 aromatic carbocycles. The highest BCUT2D eigenvalue weighted by atomic mass is 16.1. The molecule has 1 amide bonds. The largest absolute Gasteiger partial charge is 0.370 e. The summed E-state index contributed by atoms with van der Waals surface area (Å²) in [5.74, 6) is -0.230. The monoisotopic (exact) mass is 170 g/mol. The molecular formula is C9H18N2O. The number of carbonyl (C=O) groups excluding carboxylic acids is 1. The highest BCUT2D eigenvalue weighted by Gasteiger charge is 1.94. The van der Waals surface area contributed by atoms with Crippen LogP contribution in [0.5, 0.6) is 0 Å². The predicted octanol–water partition coefficient (Wildman–Crippen LogP) is 0.808. The number of amides is 1. The van der Waals surface area contributed by atoms with E-state index in [-0.39, 0.29) is 5.91 Å². The van der Waals surface area contributed by atoms with E-state index in [9.17, 15) is 4.79 Å². The molecule has 0 unspecified atom stereocenters. The van der Waals surface area contributed by atoms with Crippen LogP contribution in [0.4, 0.5) is 0 Å². The van der Waals surface area contributed by atoms with Gasteiger partial charge in [0.2, 0.25) is 5.91 Å². The number of hydrogen-bond acceptors (Lipinski definition) is 2. The molecule has 3 N–H and O–H groups in total. The van der Waals surface area contributed by atoms with E-state index in [0.29, 0.717) is 6.42 Å². The van der Waals surface area contributed by atoms with E-state index in [2.05, 4.69) is 18.8 Å². The van der Waals surface area contributed by atoms with Crippen molar-refractivity contribution in [3.63, 3.8) is 0 Å². The van der Waals surface area contributed by atoms with Crippen LogP contribution in [0.3, 0.4) is 0 Å². The van der Waals surface area contributed by atoms with E-state index in [1.54, 1.807) is 0 Å². The van der Waals surface area contributed by atoms with E-state index in [4.69, 9.17) is 5.73 Å². The predicted molar refractivity (Wildman–Crippen MR) is 50.7 cm³/mol. The van der Waals surface area contributed by atoms with E-state index >= 15 is 0 Å². The summed E-state index contributed by atoms with van der Waals surface area (Å²) in [6.07, 6.45) is 2.28. The van der Waals surface area contributed by atoms with Gasteiger partial charge in [0.1, 0.15) is 0 Å². The number of nitrogens with two attached hydrogens (primary N) is 1. The SMILES string of the molecule is C=C(CC)CNCCCC(N)=O. The first-order valence-corrected chi connectivity index (χ1v) is 4.32. The van der Waals surface area contributed by atoms with Crippen LogP contribution in [-0.2, 0) is 4.79 Å². The Morgan fingerprint density at radius 1 is 1.58 bits per heavy atom. The first-order valence-electron chi connectivity index (χ1n) is 4.32. The van der Waals surface area contributed by atoms with Crippen molar-refractivity contribution in [2.75, 3.05) is 13.1 Å². The average molecular weight is 170 g/mol. The lowest BCUT2D eigenvalue weighted by Crippen LogP contribution is -2.20. The molecule has 0 bridgehead atoms. The van der Waals surface area contributed by atoms with Crippen LogP contribution in [0.1, 0.15) is 26.2 Å². The van der Waals surface area contributed by atoms with Gasteiger partial charge < -0.3 is 11.1 Å². The van der Waals surface area contributed by atoms with Crippen molar-refractivity contribution in [3.8, 4) is 0 Å². The number of hydrogen-bond donors (Lipinski definition) is 2. The fraction of sp³-hybridized carbons (Fsp3) is 0.667. The van der Waals surface area contributed by atoms with E-state index < -0.39 is 0 Å².